The zero-order chi connectivity index (χ0) is 11.7. The van der Waals surface area contributed by atoms with Gasteiger partial charge in [-0.25, -0.2) is 4.68 Å². The Labute approximate surface area is 98.2 Å². The summed E-state index contributed by atoms with van der Waals surface area (Å²) < 4.78 is 3.44. The SMILES string of the molecule is Cc1nn(C)c(CNc2cnnn2C)c1Cl. The molecule has 2 heterocycles. The first-order valence-electron chi connectivity index (χ1n) is 4.86. The summed E-state index contributed by atoms with van der Waals surface area (Å²) in [4.78, 5) is 0. The Hall–Kier alpha value is -1.56. The highest BCUT2D eigenvalue weighted by Gasteiger charge is 2.11. The van der Waals surface area contributed by atoms with Crippen LogP contribution in [0.15, 0.2) is 6.20 Å². The van der Waals surface area contributed by atoms with E-state index >= 15 is 0 Å². The first-order chi connectivity index (χ1) is 7.59. The molecule has 0 aliphatic carbocycles. The van der Waals surface area contributed by atoms with E-state index in [0.717, 1.165) is 17.2 Å². The standard InChI is InChI=1S/C9H13ClN6/c1-6-9(10)7(15(2)13-6)4-11-8-5-12-14-16(8)3/h5,11H,4H2,1-3H3. The highest BCUT2D eigenvalue weighted by molar-refractivity contribution is 6.31. The minimum absolute atomic E-state index is 0.595. The molecular weight excluding hydrogens is 228 g/mol. The maximum atomic E-state index is 6.13. The molecule has 86 valence electrons. The third-order valence-corrected chi connectivity index (χ3v) is 2.90. The van der Waals surface area contributed by atoms with Crippen LogP contribution >= 0.6 is 11.6 Å². The van der Waals surface area contributed by atoms with Gasteiger partial charge in [-0.1, -0.05) is 16.8 Å². The first kappa shape index (κ1) is 10.9. The Balaban J connectivity index is 2.13. The molecule has 0 aliphatic heterocycles. The summed E-state index contributed by atoms with van der Waals surface area (Å²) >= 11 is 6.13. The summed E-state index contributed by atoms with van der Waals surface area (Å²) in [7, 11) is 3.70. The number of nitrogens with zero attached hydrogens (tertiary/aromatic N) is 5. The van der Waals surface area contributed by atoms with Gasteiger partial charge in [0, 0.05) is 14.1 Å². The summed E-state index contributed by atoms with van der Waals surface area (Å²) in [5.74, 6) is 0.843. The van der Waals surface area contributed by atoms with Gasteiger partial charge in [0.05, 0.1) is 29.2 Å². The lowest BCUT2D eigenvalue weighted by atomic mass is 10.3. The van der Waals surface area contributed by atoms with Crippen molar-refractivity contribution >= 4 is 17.4 Å². The maximum Gasteiger partial charge on any atom is 0.144 e. The van der Waals surface area contributed by atoms with E-state index in [-0.39, 0.29) is 0 Å². The average Bonchev–Trinajstić information content (AvgIpc) is 2.72. The van der Waals surface area contributed by atoms with Gasteiger partial charge in [-0.05, 0) is 6.92 Å². The molecule has 16 heavy (non-hydrogen) atoms. The van der Waals surface area contributed by atoms with E-state index < -0.39 is 0 Å². The molecule has 0 atom stereocenters. The van der Waals surface area contributed by atoms with Gasteiger partial charge in [-0.2, -0.15) is 5.10 Å². The predicted molar refractivity (Wildman–Crippen MR) is 61.3 cm³/mol. The van der Waals surface area contributed by atoms with Crippen molar-refractivity contribution in [2.24, 2.45) is 14.1 Å². The Morgan fingerprint density at radius 3 is 2.62 bits per heavy atom. The quantitative estimate of drug-likeness (QED) is 0.874. The smallest absolute Gasteiger partial charge is 0.144 e. The topological polar surface area (TPSA) is 60.6 Å². The fourth-order valence-corrected chi connectivity index (χ4v) is 1.72. The van der Waals surface area contributed by atoms with E-state index in [1.165, 1.54) is 0 Å². The molecule has 0 aromatic carbocycles. The number of aromatic nitrogens is 5. The lowest BCUT2D eigenvalue weighted by Crippen LogP contribution is -2.08. The average molecular weight is 241 g/mol. The molecule has 0 saturated heterocycles. The van der Waals surface area contributed by atoms with Gasteiger partial charge in [0.2, 0.25) is 0 Å². The molecule has 0 unspecified atom stereocenters. The van der Waals surface area contributed by atoms with Crippen LogP contribution in [0, 0.1) is 6.92 Å². The van der Waals surface area contributed by atoms with Crippen molar-refractivity contribution < 1.29 is 0 Å². The Bertz CT molecular complexity index is 500. The molecule has 2 aromatic rings. The monoisotopic (exact) mass is 240 g/mol. The van der Waals surface area contributed by atoms with Crippen LogP contribution < -0.4 is 5.32 Å². The molecule has 1 N–H and O–H groups in total. The van der Waals surface area contributed by atoms with E-state index in [9.17, 15) is 0 Å². The van der Waals surface area contributed by atoms with Crippen LogP contribution in [-0.2, 0) is 20.6 Å². The second-order valence-electron chi connectivity index (χ2n) is 3.57. The van der Waals surface area contributed by atoms with Gasteiger partial charge in [0.1, 0.15) is 5.82 Å². The molecule has 2 rings (SSSR count). The van der Waals surface area contributed by atoms with Crippen LogP contribution in [0.5, 0.6) is 0 Å². The number of rotatable bonds is 3. The van der Waals surface area contributed by atoms with Gasteiger partial charge in [-0.15, -0.1) is 5.10 Å². The Kier molecular flexibility index (Phi) is 2.82. The van der Waals surface area contributed by atoms with E-state index in [1.54, 1.807) is 15.6 Å². The van der Waals surface area contributed by atoms with Crippen LogP contribution in [0.4, 0.5) is 5.82 Å². The molecule has 0 aliphatic rings. The fourth-order valence-electron chi connectivity index (χ4n) is 1.50. The number of hydrogen-bond donors (Lipinski definition) is 1. The number of anilines is 1. The van der Waals surface area contributed by atoms with Gasteiger partial charge in [0.15, 0.2) is 0 Å². The van der Waals surface area contributed by atoms with Gasteiger partial charge in [-0.3, -0.25) is 4.68 Å². The molecule has 0 amide bonds. The summed E-state index contributed by atoms with van der Waals surface area (Å²) in [6.45, 7) is 2.48. The number of aryl methyl sites for hydroxylation is 3. The van der Waals surface area contributed by atoms with Crippen LogP contribution in [0.1, 0.15) is 11.4 Å². The predicted octanol–water partition coefficient (Wildman–Crippen LogP) is 1.12. The van der Waals surface area contributed by atoms with Crippen molar-refractivity contribution in [2.75, 3.05) is 5.32 Å². The highest BCUT2D eigenvalue weighted by Crippen LogP contribution is 2.20. The number of halogens is 1. The molecule has 7 heteroatoms. The Morgan fingerprint density at radius 2 is 2.12 bits per heavy atom. The largest absolute Gasteiger partial charge is 0.363 e. The molecule has 0 fully saturated rings. The van der Waals surface area contributed by atoms with E-state index in [2.05, 4.69) is 20.7 Å². The molecular formula is C9H13ClN6. The van der Waals surface area contributed by atoms with E-state index in [1.807, 2.05) is 21.0 Å². The van der Waals surface area contributed by atoms with Crippen LogP contribution in [0.2, 0.25) is 5.02 Å². The molecule has 6 nitrogen and oxygen atoms in total. The van der Waals surface area contributed by atoms with Gasteiger partial charge in [0.25, 0.3) is 0 Å². The lowest BCUT2D eigenvalue weighted by molar-refractivity contribution is 0.699. The minimum Gasteiger partial charge on any atom is -0.363 e. The highest BCUT2D eigenvalue weighted by atomic mass is 35.5. The zero-order valence-corrected chi connectivity index (χ0v) is 10.2. The summed E-state index contributed by atoms with van der Waals surface area (Å²) in [6.07, 6.45) is 1.66. The molecule has 0 spiro atoms. The minimum atomic E-state index is 0.595. The van der Waals surface area contributed by atoms with Crippen molar-refractivity contribution in [3.8, 4) is 0 Å². The van der Waals surface area contributed by atoms with Crippen molar-refractivity contribution in [2.45, 2.75) is 13.5 Å². The van der Waals surface area contributed by atoms with E-state index in [4.69, 9.17) is 11.6 Å². The van der Waals surface area contributed by atoms with Gasteiger partial charge < -0.3 is 5.32 Å². The summed E-state index contributed by atoms with van der Waals surface area (Å²) in [5, 5.41) is 15.7. The van der Waals surface area contributed by atoms with Crippen molar-refractivity contribution in [1.29, 1.82) is 0 Å². The Morgan fingerprint density at radius 1 is 1.38 bits per heavy atom. The van der Waals surface area contributed by atoms with Crippen LogP contribution in [-0.4, -0.2) is 24.8 Å². The zero-order valence-electron chi connectivity index (χ0n) is 9.40. The maximum absolute atomic E-state index is 6.13. The lowest BCUT2D eigenvalue weighted by Gasteiger charge is -2.06. The molecule has 0 radical (unpaired) electrons. The first-order valence-corrected chi connectivity index (χ1v) is 5.24. The molecule has 2 aromatic heterocycles. The molecule has 0 saturated carbocycles. The third kappa shape index (κ3) is 1.88. The third-order valence-electron chi connectivity index (χ3n) is 2.41. The van der Waals surface area contributed by atoms with Crippen molar-refractivity contribution in [1.82, 2.24) is 24.8 Å². The normalized spacial score (nSPS) is 10.8. The number of hydrogen-bond acceptors (Lipinski definition) is 4. The van der Waals surface area contributed by atoms with Crippen molar-refractivity contribution in [3.05, 3.63) is 22.6 Å². The van der Waals surface area contributed by atoms with Crippen LogP contribution in [0.25, 0.3) is 0 Å². The van der Waals surface area contributed by atoms with Crippen molar-refractivity contribution in [3.63, 3.8) is 0 Å². The number of nitrogens with one attached hydrogen (secondary N) is 1. The van der Waals surface area contributed by atoms with Crippen LogP contribution in [0.3, 0.4) is 0 Å². The summed E-state index contributed by atoms with van der Waals surface area (Å²) in [6, 6.07) is 0. The van der Waals surface area contributed by atoms with E-state index in [0.29, 0.717) is 11.6 Å². The summed E-state index contributed by atoms with van der Waals surface area (Å²) in [5.41, 5.74) is 1.78. The fraction of sp³-hybridized carbons (Fsp3) is 0.444. The second kappa shape index (κ2) is 4.13. The van der Waals surface area contributed by atoms with Gasteiger partial charge >= 0.3 is 0 Å². The molecule has 0 bridgehead atoms. The second-order valence-corrected chi connectivity index (χ2v) is 3.94.